The predicted molar refractivity (Wildman–Crippen MR) is 90.6 cm³/mol. The molecular weight excluding hydrogens is 354 g/mol. The topological polar surface area (TPSA) is 101 Å². The fourth-order valence-corrected chi connectivity index (χ4v) is 4.51. The summed E-state index contributed by atoms with van der Waals surface area (Å²) in [5.74, 6) is -2.17. The summed E-state index contributed by atoms with van der Waals surface area (Å²) in [6, 6.07) is 6.30. The van der Waals surface area contributed by atoms with Crippen molar-refractivity contribution in [3.8, 4) is 0 Å². The van der Waals surface area contributed by atoms with Crippen LogP contribution < -0.4 is 5.32 Å². The Kier molecular flexibility index (Phi) is 5.55. The summed E-state index contributed by atoms with van der Waals surface area (Å²) in [4.78, 5) is 24.4. The van der Waals surface area contributed by atoms with Gasteiger partial charge < -0.3 is 10.4 Å². The van der Waals surface area contributed by atoms with E-state index in [9.17, 15) is 23.1 Å². The van der Waals surface area contributed by atoms with Crippen molar-refractivity contribution in [2.75, 3.05) is 11.5 Å². The molecule has 0 aliphatic carbocycles. The van der Waals surface area contributed by atoms with Crippen LogP contribution in [-0.2, 0) is 25.0 Å². The summed E-state index contributed by atoms with van der Waals surface area (Å²) < 4.78 is 23.0. The highest BCUT2D eigenvalue weighted by Crippen LogP contribution is 2.29. The molecule has 6 nitrogen and oxygen atoms in total. The fourth-order valence-electron chi connectivity index (χ4n) is 2.89. The van der Waals surface area contributed by atoms with Crippen LogP contribution in [0, 0.1) is 5.92 Å². The summed E-state index contributed by atoms with van der Waals surface area (Å²) in [5, 5.41) is 12.8. The van der Waals surface area contributed by atoms with Crippen molar-refractivity contribution < 1.29 is 23.1 Å². The van der Waals surface area contributed by atoms with E-state index in [1.54, 1.807) is 31.2 Å². The second-order valence-corrected chi connectivity index (χ2v) is 8.73. The molecule has 24 heavy (non-hydrogen) atoms. The van der Waals surface area contributed by atoms with Crippen molar-refractivity contribution in [2.45, 2.75) is 31.7 Å². The molecule has 1 aliphatic heterocycles. The Bertz CT molecular complexity index is 717. The Labute approximate surface area is 146 Å². The number of aliphatic carboxylic acids is 1. The Morgan fingerprint density at radius 1 is 1.25 bits per heavy atom. The molecule has 1 heterocycles. The van der Waals surface area contributed by atoms with E-state index in [1.165, 1.54) is 0 Å². The van der Waals surface area contributed by atoms with Crippen LogP contribution in [0.3, 0.4) is 0 Å². The molecule has 1 amide bonds. The molecule has 0 bridgehead atoms. The minimum absolute atomic E-state index is 0.0434. The van der Waals surface area contributed by atoms with Crippen LogP contribution in [0.5, 0.6) is 0 Å². The van der Waals surface area contributed by atoms with E-state index in [-0.39, 0.29) is 30.8 Å². The average molecular weight is 374 g/mol. The van der Waals surface area contributed by atoms with Crippen molar-refractivity contribution in [1.82, 2.24) is 5.32 Å². The van der Waals surface area contributed by atoms with Crippen LogP contribution in [0.25, 0.3) is 0 Å². The first-order valence-corrected chi connectivity index (χ1v) is 9.92. The molecule has 1 unspecified atom stereocenters. The number of sulfone groups is 1. The summed E-state index contributed by atoms with van der Waals surface area (Å²) in [7, 11) is -3.08. The van der Waals surface area contributed by atoms with Crippen molar-refractivity contribution in [3.63, 3.8) is 0 Å². The van der Waals surface area contributed by atoms with Crippen molar-refractivity contribution in [1.29, 1.82) is 0 Å². The summed E-state index contributed by atoms with van der Waals surface area (Å²) in [5.41, 5.74) is -1.13. The van der Waals surface area contributed by atoms with Crippen LogP contribution in [0.2, 0.25) is 5.02 Å². The Morgan fingerprint density at radius 3 is 2.25 bits per heavy atom. The number of halogens is 1. The van der Waals surface area contributed by atoms with Crippen molar-refractivity contribution in [3.05, 3.63) is 34.9 Å². The molecule has 1 fully saturated rings. The zero-order valence-corrected chi connectivity index (χ0v) is 14.9. The smallest absolute Gasteiger partial charge is 0.334 e. The quantitative estimate of drug-likeness (QED) is 0.821. The maximum atomic E-state index is 12.5. The lowest BCUT2D eigenvalue weighted by atomic mass is 9.86. The van der Waals surface area contributed by atoms with Gasteiger partial charge in [0, 0.05) is 10.9 Å². The van der Waals surface area contributed by atoms with E-state index < -0.39 is 33.2 Å². The zero-order valence-electron chi connectivity index (χ0n) is 13.3. The number of carboxylic acid groups (broad SMARTS) is 1. The number of amides is 1. The van der Waals surface area contributed by atoms with Crippen molar-refractivity contribution in [2.24, 2.45) is 5.92 Å². The maximum Gasteiger partial charge on any atom is 0.334 e. The lowest BCUT2D eigenvalue weighted by Crippen LogP contribution is -2.53. The van der Waals surface area contributed by atoms with Crippen molar-refractivity contribution >= 4 is 33.3 Å². The maximum absolute atomic E-state index is 12.5. The Morgan fingerprint density at radius 2 is 1.79 bits per heavy atom. The van der Waals surface area contributed by atoms with E-state index in [0.29, 0.717) is 10.6 Å². The second-order valence-electron chi connectivity index (χ2n) is 5.99. The first kappa shape index (κ1) is 18.7. The third-order valence-corrected chi connectivity index (χ3v) is 6.46. The SMILES string of the molecule is CCC(NC(=O)C1CCS(=O)(=O)CC1)(C(=O)O)c1ccc(Cl)cc1. The predicted octanol–water partition coefficient (Wildman–Crippen LogP) is 1.97. The molecule has 8 heteroatoms. The van der Waals surface area contributed by atoms with Gasteiger partial charge in [-0.2, -0.15) is 0 Å². The molecule has 132 valence electrons. The molecular formula is C16H20ClNO5S. The van der Waals surface area contributed by atoms with Crippen LogP contribution in [0.1, 0.15) is 31.7 Å². The first-order chi connectivity index (χ1) is 11.2. The molecule has 1 saturated heterocycles. The average Bonchev–Trinajstić information content (AvgIpc) is 2.53. The highest BCUT2D eigenvalue weighted by Gasteiger charge is 2.42. The van der Waals surface area contributed by atoms with E-state index >= 15 is 0 Å². The van der Waals surface area contributed by atoms with E-state index in [1.807, 2.05) is 0 Å². The largest absolute Gasteiger partial charge is 0.479 e. The number of hydrogen-bond acceptors (Lipinski definition) is 4. The number of carbonyl (C=O) groups is 2. The minimum atomic E-state index is -3.08. The Hall–Kier alpha value is -1.60. The van der Waals surface area contributed by atoms with Crippen LogP contribution >= 0.6 is 11.6 Å². The number of carboxylic acids is 1. The first-order valence-electron chi connectivity index (χ1n) is 7.72. The van der Waals surface area contributed by atoms with Gasteiger partial charge in [-0.15, -0.1) is 0 Å². The van der Waals surface area contributed by atoms with E-state index in [0.717, 1.165) is 0 Å². The van der Waals surface area contributed by atoms with Gasteiger partial charge >= 0.3 is 5.97 Å². The lowest BCUT2D eigenvalue weighted by Gasteiger charge is -2.32. The Balaban J connectivity index is 2.25. The summed E-state index contributed by atoms with van der Waals surface area (Å²) >= 11 is 5.85. The standard InChI is InChI=1S/C16H20ClNO5S/c1-2-16(15(20)21,12-3-5-13(17)6-4-12)18-14(19)11-7-9-24(22,23)10-8-11/h3-6,11H,2,7-10H2,1H3,(H,18,19)(H,20,21). The third kappa shape index (κ3) is 3.89. The van der Waals surface area contributed by atoms with Gasteiger partial charge in [-0.05, 0) is 37.0 Å². The normalized spacial score (nSPS) is 20.1. The molecule has 1 atom stereocenters. The minimum Gasteiger partial charge on any atom is -0.479 e. The third-order valence-electron chi connectivity index (χ3n) is 4.49. The highest BCUT2D eigenvalue weighted by atomic mass is 35.5. The van der Waals surface area contributed by atoms with E-state index in [2.05, 4.69) is 5.32 Å². The van der Waals surface area contributed by atoms with Gasteiger partial charge in [0.2, 0.25) is 5.91 Å². The lowest BCUT2D eigenvalue weighted by molar-refractivity contribution is -0.149. The molecule has 2 rings (SSSR count). The zero-order chi connectivity index (χ0) is 18.0. The second kappa shape index (κ2) is 7.11. The molecule has 1 aromatic carbocycles. The molecule has 0 aromatic heterocycles. The van der Waals surface area contributed by atoms with Crippen LogP contribution in [0.4, 0.5) is 0 Å². The molecule has 1 aromatic rings. The fraction of sp³-hybridized carbons (Fsp3) is 0.500. The molecule has 2 N–H and O–H groups in total. The van der Waals surface area contributed by atoms with Gasteiger partial charge in [-0.1, -0.05) is 30.7 Å². The van der Waals surface area contributed by atoms with Gasteiger partial charge in [-0.25, -0.2) is 13.2 Å². The van der Waals surface area contributed by atoms with Gasteiger partial charge in [-0.3, -0.25) is 4.79 Å². The molecule has 1 aliphatic rings. The van der Waals surface area contributed by atoms with Gasteiger partial charge in [0.1, 0.15) is 9.84 Å². The van der Waals surface area contributed by atoms with Gasteiger partial charge in [0.25, 0.3) is 0 Å². The monoisotopic (exact) mass is 373 g/mol. The highest BCUT2D eigenvalue weighted by molar-refractivity contribution is 7.91. The number of benzene rings is 1. The molecule has 0 spiro atoms. The van der Waals surface area contributed by atoms with Crippen LogP contribution in [-0.4, -0.2) is 36.9 Å². The number of rotatable bonds is 5. The molecule has 0 radical (unpaired) electrons. The number of hydrogen-bond donors (Lipinski definition) is 2. The van der Waals surface area contributed by atoms with E-state index in [4.69, 9.17) is 11.6 Å². The molecule has 0 saturated carbocycles. The summed E-state index contributed by atoms with van der Waals surface area (Å²) in [6.07, 6.45) is 0.586. The summed E-state index contributed by atoms with van der Waals surface area (Å²) in [6.45, 7) is 1.67. The number of nitrogens with one attached hydrogen (secondary N) is 1. The van der Waals surface area contributed by atoms with Crippen LogP contribution in [0.15, 0.2) is 24.3 Å². The van der Waals surface area contributed by atoms with Gasteiger partial charge in [0.15, 0.2) is 5.54 Å². The van der Waals surface area contributed by atoms with Gasteiger partial charge in [0.05, 0.1) is 11.5 Å². The number of carbonyl (C=O) groups excluding carboxylic acids is 1.